The van der Waals surface area contributed by atoms with Crippen LogP contribution in [0.15, 0.2) is 24.3 Å². The third-order valence-electron chi connectivity index (χ3n) is 2.08. The molecular formula is C14H16N2O2. The summed E-state index contributed by atoms with van der Waals surface area (Å²) in [7, 11) is 0. The summed E-state index contributed by atoms with van der Waals surface area (Å²) >= 11 is 0. The lowest BCUT2D eigenvalue weighted by molar-refractivity contribution is -0.124. The number of carbonyl (C=O) groups excluding carboxylic acids is 2. The summed E-state index contributed by atoms with van der Waals surface area (Å²) in [4.78, 5) is 22.1. The zero-order chi connectivity index (χ0) is 13.4. The highest BCUT2D eigenvalue weighted by molar-refractivity contribution is 6.03. The molecule has 0 heterocycles. The number of hydrogen-bond acceptors (Lipinski definition) is 3. The van der Waals surface area contributed by atoms with Gasteiger partial charge in [-0.1, -0.05) is 11.8 Å². The second-order valence-electron chi connectivity index (χ2n) is 3.84. The minimum Gasteiger partial charge on any atom is -0.330 e. The van der Waals surface area contributed by atoms with Gasteiger partial charge in [0.2, 0.25) is 5.91 Å². The molecule has 0 radical (unpaired) electrons. The molecule has 1 amide bonds. The van der Waals surface area contributed by atoms with Crippen molar-refractivity contribution >= 4 is 17.4 Å². The van der Waals surface area contributed by atoms with E-state index in [9.17, 15) is 9.59 Å². The number of ketones is 1. The van der Waals surface area contributed by atoms with Crippen LogP contribution in [-0.4, -0.2) is 18.2 Å². The number of nitrogens with two attached hydrogens (primary N) is 1. The fraction of sp³-hybridized carbons (Fsp3) is 0.286. The molecule has 1 aromatic rings. The highest BCUT2D eigenvalue weighted by Gasteiger charge is 2.04. The van der Waals surface area contributed by atoms with E-state index in [4.69, 9.17) is 5.73 Å². The first kappa shape index (κ1) is 13.9. The number of amides is 1. The Labute approximate surface area is 107 Å². The molecule has 0 aliphatic carbocycles. The Hall–Kier alpha value is -2.12. The lowest BCUT2D eigenvalue weighted by atomic mass is 10.2. The van der Waals surface area contributed by atoms with Crippen LogP contribution in [0.3, 0.4) is 0 Å². The van der Waals surface area contributed by atoms with Gasteiger partial charge >= 0.3 is 0 Å². The lowest BCUT2D eigenvalue weighted by Crippen LogP contribution is -2.14. The van der Waals surface area contributed by atoms with Gasteiger partial charge in [0.25, 0.3) is 0 Å². The summed E-state index contributed by atoms with van der Waals surface area (Å²) < 4.78 is 0. The molecule has 18 heavy (non-hydrogen) atoms. The van der Waals surface area contributed by atoms with Crippen LogP contribution in [0.25, 0.3) is 0 Å². The third-order valence-corrected chi connectivity index (χ3v) is 2.08. The van der Waals surface area contributed by atoms with E-state index >= 15 is 0 Å². The lowest BCUT2D eigenvalue weighted by Gasteiger charge is -2.03. The summed E-state index contributed by atoms with van der Waals surface area (Å²) in [6, 6.07) is 7.13. The fourth-order valence-corrected chi connectivity index (χ4v) is 1.30. The summed E-state index contributed by atoms with van der Waals surface area (Å²) in [6.07, 6.45) is 0.565. The molecule has 1 rings (SSSR count). The number of anilines is 1. The van der Waals surface area contributed by atoms with Gasteiger partial charge in [0.05, 0.1) is 6.42 Å². The number of hydrogen-bond donors (Lipinski definition) is 2. The maximum absolute atomic E-state index is 11.3. The normalized spacial score (nSPS) is 9.22. The average molecular weight is 244 g/mol. The van der Waals surface area contributed by atoms with Crippen molar-refractivity contribution in [2.45, 2.75) is 19.8 Å². The van der Waals surface area contributed by atoms with Crippen LogP contribution >= 0.6 is 0 Å². The standard InChI is InChI=1S/C14H16N2O2/c1-11(17)10-14(18)16-13-7-5-12(6-8-13)4-2-3-9-15/h5-8H,3,9-10,15H2,1H3,(H,16,18). The predicted octanol–water partition coefficient (Wildman–Crippen LogP) is 1.30. The van der Waals surface area contributed by atoms with Gasteiger partial charge in [-0.2, -0.15) is 0 Å². The van der Waals surface area contributed by atoms with Gasteiger partial charge < -0.3 is 11.1 Å². The molecule has 94 valence electrons. The summed E-state index contributed by atoms with van der Waals surface area (Å²) in [5.74, 6) is 5.43. The largest absolute Gasteiger partial charge is 0.330 e. The molecule has 4 heteroatoms. The number of benzene rings is 1. The third kappa shape index (κ3) is 5.28. The Morgan fingerprint density at radius 1 is 1.28 bits per heavy atom. The van der Waals surface area contributed by atoms with Gasteiger partial charge in [0.1, 0.15) is 5.78 Å². The zero-order valence-corrected chi connectivity index (χ0v) is 10.3. The van der Waals surface area contributed by atoms with E-state index in [1.807, 2.05) is 12.1 Å². The molecule has 0 saturated heterocycles. The number of rotatable bonds is 4. The molecule has 0 unspecified atom stereocenters. The van der Waals surface area contributed by atoms with E-state index in [1.165, 1.54) is 6.92 Å². The summed E-state index contributed by atoms with van der Waals surface area (Å²) in [5, 5.41) is 2.64. The van der Waals surface area contributed by atoms with Gasteiger partial charge in [-0.25, -0.2) is 0 Å². The van der Waals surface area contributed by atoms with Crippen LogP contribution in [-0.2, 0) is 9.59 Å². The molecule has 0 fully saturated rings. The van der Waals surface area contributed by atoms with E-state index < -0.39 is 0 Å². The van der Waals surface area contributed by atoms with Crippen LogP contribution in [0.2, 0.25) is 0 Å². The van der Waals surface area contributed by atoms with E-state index in [-0.39, 0.29) is 18.1 Å². The summed E-state index contributed by atoms with van der Waals surface area (Å²) in [5.41, 5.74) is 6.86. The maximum Gasteiger partial charge on any atom is 0.231 e. The van der Waals surface area contributed by atoms with Crippen molar-refractivity contribution in [2.75, 3.05) is 11.9 Å². The van der Waals surface area contributed by atoms with Crippen molar-refractivity contribution in [1.82, 2.24) is 0 Å². The quantitative estimate of drug-likeness (QED) is 0.619. The highest BCUT2D eigenvalue weighted by Crippen LogP contribution is 2.09. The number of carbonyl (C=O) groups is 2. The SMILES string of the molecule is CC(=O)CC(=O)Nc1ccc(C#CCCN)cc1. The maximum atomic E-state index is 11.3. The Morgan fingerprint density at radius 2 is 1.94 bits per heavy atom. The Bertz CT molecular complexity index is 481. The topological polar surface area (TPSA) is 72.2 Å². The Balaban J connectivity index is 2.58. The van der Waals surface area contributed by atoms with Crippen molar-refractivity contribution in [1.29, 1.82) is 0 Å². The second-order valence-corrected chi connectivity index (χ2v) is 3.84. The molecule has 0 aliphatic heterocycles. The van der Waals surface area contributed by atoms with Crippen LogP contribution < -0.4 is 11.1 Å². The molecule has 0 bridgehead atoms. The van der Waals surface area contributed by atoms with Crippen molar-refractivity contribution in [2.24, 2.45) is 5.73 Å². The number of nitrogens with one attached hydrogen (secondary N) is 1. The summed E-state index contributed by atoms with van der Waals surface area (Å²) in [6.45, 7) is 1.93. The van der Waals surface area contributed by atoms with Crippen molar-refractivity contribution in [3.8, 4) is 11.8 Å². The molecule has 1 aromatic carbocycles. The van der Waals surface area contributed by atoms with E-state index in [0.29, 0.717) is 18.7 Å². The van der Waals surface area contributed by atoms with E-state index in [1.54, 1.807) is 12.1 Å². The fourth-order valence-electron chi connectivity index (χ4n) is 1.30. The van der Waals surface area contributed by atoms with Crippen molar-refractivity contribution < 1.29 is 9.59 Å². The zero-order valence-electron chi connectivity index (χ0n) is 10.3. The minimum absolute atomic E-state index is 0.0991. The first-order valence-corrected chi connectivity index (χ1v) is 5.70. The van der Waals surface area contributed by atoms with E-state index in [0.717, 1.165) is 5.56 Å². The molecule has 0 aromatic heterocycles. The molecular weight excluding hydrogens is 228 g/mol. The first-order chi connectivity index (χ1) is 8.61. The molecule has 4 nitrogen and oxygen atoms in total. The van der Waals surface area contributed by atoms with Crippen LogP contribution in [0.4, 0.5) is 5.69 Å². The second kappa shape index (κ2) is 7.25. The smallest absolute Gasteiger partial charge is 0.231 e. The molecule has 0 spiro atoms. The number of Topliss-reactive ketones (excluding diaryl/α,β-unsaturated/α-hetero) is 1. The van der Waals surface area contributed by atoms with Crippen LogP contribution in [0, 0.1) is 11.8 Å². The minimum atomic E-state index is -0.301. The monoisotopic (exact) mass is 244 g/mol. The van der Waals surface area contributed by atoms with Gasteiger partial charge in [-0.3, -0.25) is 9.59 Å². The van der Waals surface area contributed by atoms with Crippen molar-refractivity contribution in [3.05, 3.63) is 29.8 Å². The predicted molar refractivity (Wildman–Crippen MR) is 70.9 cm³/mol. The Kier molecular flexibility index (Phi) is 5.62. The van der Waals surface area contributed by atoms with Gasteiger partial charge in [0.15, 0.2) is 0 Å². The molecule has 0 atom stereocenters. The molecule has 0 saturated carbocycles. The van der Waals surface area contributed by atoms with Gasteiger partial charge in [-0.05, 0) is 31.2 Å². The van der Waals surface area contributed by atoms with Crippen LogP contribution in [0.1, 0.15) is 25.3 Å². The molecule has 0 aliphatic rings. The van der Waals surface area contributed by atoms with Gasteiger partial charge in [-0.15, -0.1) is 0 Å². The van der Waals surface area contributed by atoms with Gasteiger partial charge in [0, 0.05) is 24.2 Å². The van der Waals surface area contributed by atoms with Crippen molar-refractivity contribution in [3.63, 3.8) is 0 Å². The Morgan fingerprint density at radius 3 is 2.50 bits per heavy atom. The molecule has 3 N–H and O–H groups in total. The van der Waals surface area contributed by atoms with Crippen LogP contribution in [0.5, 0.6) is 0 Å². The average Bonchev–Trinajstić information content (AvgIpc) is 2.30. The first-order valence-electron chi connectivity index (χ1n) is 5.70. The van der Waals surface area contributed by atoms with E-state index in [2.05, 4.69) is 17.2 Å². The highest BCUT2D eigenvalue weighted by atomic mass is 16.2.